The zero-order valence-electron chi connectivity index (χ0n) is 6.88. The van der Waals surface area contributed by atoms with Crippen molar-refractivity contribution in [2.75, 3.05) is 7.11 Å². The van der Waals surface area contributed by atoms with Gasteiger partial charge in [0.1, 0.15) is 5.75 Å². The second kappa shape index (κ2) is 10.1. The number of hydrogen-bond acceptors (Lipinski definition) is 1. The standard InChI is InChI=1S/C7H8O.CH3.ClH.Mg/c1-8-7-5-3-2-4-6-7;;;/h2-6H,1H3;1H3;1H;/q;-1;;+2/p-1. The van der Waals surface area contributed by atoms with Crippen molar-refractivity contribution < 1.29 is 17.1 Å². The van der Waals surface area contributed by atoms with Gasteiger partial charge in [-0.05, 0) is 12.1 Å². The summed E-state index contributed by atoms with van der Waals surface area (Å²) in [5, 5.41) is 0. The molecule has 0 amide bonds. The first-order chi connectivity index (χ1) is 3.93. The van der Waals surface area contributed by atoms with Crippen LogP contribution in [0.15, 0.2) is 30.3 Å². The zero-order valence-corrected chi connectivity index (χ0v) is 9.05. The van der Waals surface area contributed by atoms with Gasteiger partial charge in [-0.25, -0.2) is 0 Å². The maximum absolute atomic E-state index is 4.91. The van der Waals surface area contributed by atoms with Gasteiger partial charge in [0, 0.05) is 0 Å². The minimum absolute atomic E-state index is 0. The Morgan fingerprint density at radius 2 is 1.55 bits per heavy atom. The normalized spacial score (nSPS) is 6.27. The minimum Gasteiger partial charge on any atom is -1.00 e. The van der Waals surface area contributed by atoms with E-state index < -0.39 is 0 Å². The molecule has 0 fully saturated rings. The molecule has 0 aliphatic heterocycles. The van der Waals surface area contributed by atoms with E-state index in [1.807, 2.05) is 30.3 Å². The van der Waals surface area contributed by atoms with Gasteiger partial charge < -0.3 is 24.6 Å². The molecule has 0 aliphatic carbocycles. The first kappa shape index (κ1) is 17.2. The van der Waals surface area contributed by atoms with Gasteiger partial charge in [0.05, 0.1) is 7.11 Å². The van der Waals surface area contributed by atoms with Gasteiger partial charge in [-0.1, -0.05) is 18.2 Å². The van der Waals surface area contributed by atoms with E-state index in [0.717, 1.165) is 5.75 Å². The van der Waals surface area contributed by atoms with Crippen LogP contribution in [0.25, 0.3) is 0 Å². The monoisotopic (exact) mass is 182 g/mol. The number of halogens is 1. The van der Waals surface area contributed by atoms with Gasteiger partial charge in [0.25, 0.3) is 0 Å². The maximum atomic E-state index is 4.91. The van der Waals surface area contributed by atoms with Crippen LogP contribution in [0.2, 0.25) is 0 Å². The Bertz CT molecular complexity index is 155. The van der Waals surface area contributed by atoms with Gasteiger partial charge >= 0.3 is 23.1 Å². The van der Waals surface area contributed by atoms with Gasteiger partial charge in [0.15, 0.2) is 0 Å². The fourth-order valence-corrected chi connectivity index (χ4v) is 0.557. The topological polar surface area (TPSA) is 9.23 Å². The molecule has 0 unspecified atom stereocenters. The average Bonchev–Trinajstić information content (AvgIpc) is 1.90. The number of para-hydroxylation sites is 1. The summed E-state index contributed by atoms with van der Waals surface area (Å²) in [6.07, 6.45) is 0. The molecular formula is C8H11ClMgO. The van der Waals surface area contributed by atoms with Crippen LogP contribution >= 0.6 is 0 Å². The summed E-state index contributed by atoms with van der Waals surface area (Å²) in [4.78, 5) is 0. The Kier molecular flexibility index (Phi) is 15.8. The van der Waals surface area contributed by atoms with Crippen LogP contribution in [-0.4, -0.2) is 30.2 Å². The summed E-state index contributed by atoms with van der Waals surface area (Å²) in [7, 11) is 1.66. The van der Waals surface area contributed by atoms with Gasteiger partial charge in [-0.3, -0.25) is 0 Å². The Morgan fingerprint density at radius 1 is 1.09 bits per heavy atom. The molecule has 0 saturated carbocycles. The van der Waals surface area contributed by atoms with Crippen molar-refractivity contribution in [2.24, 2.45) is 0 Å². The molecule has 0 atom stereocenters. The molecule has 1 aromatic rings. The molecule has 1 nitrogen and oxygen atoms in total. The van der Waals surface area contributed by atoms with Gasteiger partial charge in [0.2, 0.25) is 0 Å². The van der Waals surface area contributed by atoms with Crippen LogP contribution in [0.5, 0.6) is 5.75 Å². The molecule has 0 aliphatic rings. The van der Waals surface area contributed by atoms with Gasteiger partial charge in [-0.2, -0.15) is 0 Å². The third-order valence-electron chi connectivity index (χ3n) is 0.979. The van der Waals surface area contributed by atoms with Crippen LogP contribution in [0.4, 0.5) is 0 Å². The third kappa shape index (κ3) is 6.47. The molecule has 1 rings (SSSR count). The minimum atomic E-state index is 0. The third-order valence-corrected chi connectivity index (χ3v) is 0.979. The van der Waals surface area contributed by atoms with E-state index in [-0.39, 0.29) is 42.9 Å². The predicted molar refractivity (Wildman–Crippen MR) is 45.2 cm³/mol. The van der Waals surface area contributed by atoms with E-state index in [4.69, 9.17) is 4.74 Å². The number of rotatable bonds is 1. The van der Waals surface area contributed by atoms with Crippen LogP contribution in [-0.2, 0) is 0 Å². The summed E-state index contributed by atoms with van der Waals surface area (Å²) < 4.78 is 4.91. The summed E-state index contributed by atoms with van der Waals surface area (Å²) in [6.45, 7) is 0. The van der Waals surface area contributed by atoms with Crippen molar-refractivity contribution in [1.29, 1.82) is 0 Å². The van der Waals surface area contributed by atoms with Crippen molar-refractivity contribution in [3.05, 3.63) is 37.8 Å². The maximum Gasteiger partial charge on any atom is 2.00 e. The van der Waals surface area contributed by atoms with E-state index in [0.29, 0.717) is 0 Å². The zero-order chi connectivity index (χ0) is 5.82. The molecule has 3 heteroatoms. The average molecular weight is 183 g/mol. The second-order valence-corrected chi connectivity index (χ2v) is 1.52. The van der Waals surface area contributed by atoms with Crippen molar-refractivity contribution in [3.63, 3.8) is 0 Å². The van der Waals surface area contributed by atoms with E-state index in [2.05, 4.69) is 0 Å². The summed E-state index contributed by atoms with van der Waals surface area (Å²) in [5.74, 6) is 0.910. The fourth-order valence-electron chi connectivity index (χ4n) is 0.557. The molecule has 0 heterocycles. The van der Waals surface area contributed by atoms with Crippen molar-refractivity contribution >= 4 is 23.1 Å². The molecule has 0 N–H and O–H groups in total. The van der Waals surface area contributed by atoms with E-state index >= 15 is 0 Å². The number of methoxy groups -OCH3 is 1. The second-order valence-electron chi connectivity index (χ2n) is 1.52. The summed E-state index contributed by atoms with van der Waals surface area (Å²) in [6, 6.07) is 9.68. The van der Waals surface area contributed by atoms with E-state index in [9.17, 15) is 0 Å². The fraction of sp³-hybridized carbons (Fsp3) is 0.125. The Labute approximate surface area is 90.7 Å². The predicted octanol–water partition coefficient (Wildman–Crippen LogP) is -1.23. The SMILES string of the molecule is COc1ccccc1.[CH3-].[Cl-].[Mg+2]. The van der Waals surface area contributed by atoms with Crippen LogP contribution in [0, 0.1) is 7.43 Å². The molecule has 0 radical (unpaired) electrons. The number of benzene rings is 1. The molecule has 0 saturated heterocycles. The molecule has 0 spiro atoms. The van der Waals surface area contributed by atoms with Crippen molar-refractivity contribution in [1.82, 2.24) is 0 Å². The first-order valence-corrected chi connectivity index (χ1v) is 2.52. The van der Waals surface area contributed by atoms with Crippen LogP contribution < -0.4 is 17.1 Å². The van der Waals surface area contributed by atoms with Gasteiger partial charge in [-0.15, -0.1) is 0 Å². The Morgan fingerprint density at radius 3 is 1.82 bits per heavy atom. The number of ether oxygens (including phenoxy) is 1. The van der Waals surface area contributed by atoms with Crippen molar-refractivity contribution in [2.45, 2.75) is 0 Å². The Hall–Kier alpha value is 0.0762. The first-order valence-electron chi connectivity index (χ1n) is 2.52. The quantitative estimate of drug-likeness (QED) is 0.391. The summed E-state index contributed by atoms with van der Waals surface area (Å²) >= 11 is 0. The molecule has 0 bridgehead atoms. The molecule has 1 aromatic carbocycles. The number of hydrogen-bond donors (Lipinski definition) is 0. The van der Waals surface area contributed by atoms with Crippen LogP contribution in [0.1, 0.15) is 0 Å². The van der Waals surface area contributed by atoms with E-state index in [1.54, 1.807) is 7.11 Å². The van der Waals surface area contributed by atoms with Crippen molar-refractivity contribution in [3.8, 4) is 5.75 Å². The molecular weight excluding hydrogens is 172 g/mol. The smallest absolute Gasteiger partial charge is 1.00 e. The molecule has 58 valence electrons. The molecule has 11 heavy (non-hydrogen) atoms. The Balaban J connectivity index is -0.000000213. The largest absolute Gasteiger partial charge is 2.00 e. The van der Waals surface area contributed by atoms with Crippen LogP contribution in [0.3, 0.4) is 0 Å². The molecule has 0 aromatic heterocycles. The summed E-state index contributed by atoms with van der Waals surface area (Å²) in [5.41, 5.74) is 0. The van der Waals surface area contributed by atoms with E-state index in [1.165, 1.54) is 0 Å².